The second-order valence-corrected chi connectivity index (χ2v) is 7.02. The van der Waals surface area contributed by atoms with E-state index in [0.717, 1.165) is 0 Å². The highest BCUT2D eigenvalue weighted by Gasteiger charge is 2.34. The number of hydrogen-bond acceptors (Lipinski definition) is 4. The fraction of sp³-hybridized carbons (Fsp3) is 0.263. The molecule has 1 heterocycles. The molecule has 0 aromatic heterocycles. The normalized spacial score (nSPS) is 15.6. The van der Waals surface area contributed by atoms with Crippen molar-refractivity contribution in [3.05, 3.63) is 52.5 Å². The molecule has 1 aliphatic rings. The van der Waals surface area contributed by atoms with E-state index >= 15 is 0 Å². The second-order valence-electron chi connectivity index (χ2n) is 6.17. The summed E-state index contributed by atoms with van der Waals surface area (Å²) in [7, 11) is 3.29. The highest BCUT2D eigenvalue weighted by atomic mass is 35.5. The molecule has 0 saturated carbocycles. The first-order chi connectivity index (χ1) is 12.9. The molecule has 0 bridgehead atoms. The Bertz CT molecular complexity index is 873. The predicted molar refractivity (Wildman–Crippen MR) is 104 cm³/mol. The number of nitrogens with zero attached hydrogens (tertiary/aromatic N) is 2. The zero-order valence-corrected chi connectivity index (χ0v) is 16.3. The molecular formula is C19H18Cl2N2O4. The molecule has 0 aliphatic carbocycles. The Hall–Kier alpha value is -2.44. The van der Waals surface area contributed by atoms with Crippen molar-refractivity contribution < 1.29 is 19.1 Å². The molecule has 0 fully saturated rings. The quantitative estimate of drug-likeness (QED) is 0.778. The van der Waals surface area contributed by atoms with E-state index in [1.54, 1.807) is 56.6 Å². The summed E-state index contributed by atoms with van der Waals surface area (Å²) in [6, 6.07) is 11.8. The van der Waals surface area contributed by atoms with Crippen LogP contribution in [-0.2, 0) is 9.59 Å². The van der Waals surface area contributed by atoms with Gasteiger partial charge < -0.3 is 19.3 Å². The molecule has 1 atom stereocenters. The van der Waals surface area contributed by atoms with Crippen molar-refractivity contribution in [1.29, 1.82) is 0 Å². The Morgan fingerprint density at radius 1 is 1.22 bits per heavy atom. The van der Waals surface area contributed by atoms with E-state index < -0.39 is 6.10 Å². The molecule has 0 unspecified atom stereocenters. The van der Waals surface area contributed by atoms with Crippen LogP contribution in [0.4, 0.5) is 5.69 Å². The summed E-state index contributed by atoms with van der Waals surface area (Å²) in [5.41, 5.74) is 0.594. The summed E-state index contributed by atoms with van der Waals surface area (Å²) in [6.45, 7) is -0.136. The molecule has 27 heavy (non-hydrogen) atoms. The average molecular weight is 409 g/mol. The molecule has 142 valence electrons. The van der Waals surface area contributed by atoms with Crippen LogP contribution >= 0.6 is 23.2 Å². The molecule has 0 radical (unpaired) electrons. The van der Waals surface area contributed by atoms with Crippen molar-refractivity contribution in [2.24, 2.45) is 0 Å². The molecular weight excluding hydrogens is 391 g/mol. The molecule has 8 heteroatoms. The van der Waals surface area contributed by atoms with Gasteiger partial charge in [-0.25, -0.2) is 0 Å². The lowest BCUT2D eigenvalue weighted by atomic mass is 10.1. The third-order valence-electron chi connectivity index (χ3n) is 4.04. The number of halogens is 2. The Morgan fingerprint density at radius 2 is 1.96 bits per heavy atom. The lowest BCUT2D eigenvalue weighted by Gasteiger charge is -2.35. The number of hydrogen-bond donors (Lipinski definition) is 0. The van der Waals surface area contributed by atoms with Gasteiger partial charge in [0.05, 0.1) is 17.3 Å². The standard InChI is InChI=1S/C19H18Cl2N2O4/c1-22(2)19(25)17-10-23(14-5-3-4-6-16(14)27-17)18(24)11-26-15-8-7-12(20)9-13(15)21/h3-9,17H,10-11H2,1-2H3/t17-/m1/s1. The van der Waals surface area contributed by atoms with Gasteiger partial charge in [-0.05, 0) is 30.3 Å². The van der Waals surface area contributed by atoms with Gasteiger partial charge in [-0.1, -0.05) is 35.3 Å². The van der Waals surface area contributed by atoms with Crippen LogP contribution in [0, 0.1) is 0 Å². The number of carbonyl (C=O) groups is 2. The number of benzene rings is 2. The van der Waals surface area contributed by atoms with Gasteiger partial charge in [0.2, 0.25) is 0 Å². The zero-order chi connectivity index (χ0) is 19.6. The van der Waals surface area contributed by atoms with Gasteiger partial charge in [0.25, 0.3) is 11.8 Å². The number of anilines is 1. The van der Waals surface area contributed by atoms with E-state index in [2.05, 4.69) is 0 Å². The molecule has 3 rings (SSSR count). The van der Waals surface area contributed by atoms with Crippen LogP contribution in [0.3, 0.4) is 0 Å². The SMILES string of the molecule is CN(C)C(=O)[C@H]1CN(C(=O)COc2ccc(Cl)cc2Cl)c2ccccc2O1. The minimum absolute atomic E-state index is 0.102. The summed E-state index contributed by atoms with van der Waals surface area (Å²) in [5, 5.41) is 0.796. The first-order valence-electron chi connectivity index (χ1n) is 8.22. The van der Waals surface area contributed by atoms with Crippen molar-refractivity contribution in [3.63, 3.8) is 0 Å². The number of carbonyl (C=O) groups excluding carboxylic acids is 2. The van der Waals surface area contributed by atoms with Crippen LogP contribution in [0.1, 0.15) is 0 Å². The molecule has 2 aromatic carbocycles. The van der Waals surface area contributed by atoms with Crippen molar-refractivity contribution in [2.75, 3.05) is 32.1 Å². The van der Waals surface area contributed by atoms with Crippen LogP contribution in [0.2, 0.25) is 10.0 Å². The second kappa shape index (κ2) is 8.06. The minimum Gasteiger partial charge on any atom is -0.482 e. The van der Waals surface area contributed by atoms with Crippen LogP contribution in [0.25, 0.3) is 0 Å². The van der Waals surface area contributed by atoms with E-state index in [4.69, 9.17) is 32.7 Å². The van der Waals surface area contributed by atoms with Gasteiger partial charge in [-0.2, -0.15) is 0 Å². The van der Waals surface area contributed by atoms with Crippen LogP contribution in [0.5, 0.6) is 11.5 Å². The van der Waals surface area contributed by atoms with Gasteiger partial charge >= 0.3 is 0 Å². The molecule has 2 amide bonds. The zero-order valence-electron chi connectivity index (χ0n) is 14.8. The Balaban J connectivity index is 1.78. The van der Waals surface area contributed by atoms with E-state index in [0.29, 0.717) is 27.2 Å². The highest BCUT2D eigenvalue weighted by molar-refractivity contribution is 6.35. The maximum absolute atomic E-state index is 12.8. The first kappa shape index (κ1) is 19.3. The van der Waals surface area contributed by atoms with E-state index in [9.17, 15) is 9.59 Å². The lowest BCUT2D eigenvalue weighted by Crippen LogP contribution is -2.51. The maximum Gasteiger partial charge on any atom is 0.265 e. The predicted octanol–water partition coefficient (Wildman–Crippen LogP) is 3.25. The van der Waals surface area contributed by atoms with E-state index in [-0.39, 0.29) is 25.0 Å². The van der Waals surface area contributed by atoms with Gasteiger partial charge in [0, 0.05) is 19.1 Å². The number of fused-ring (bicyclic) bond motifs is 1. The van der Waals surface area contributed by atoms with E-state index in [1.807, 2.05) is 0 Å². The van der Waals surface area contributed by atoms with Crippen LogP contribution < -0.4 is 14.4 Å². The monoisotopic (exact) mass is 408 g/mol. The smallest absolute Gasteiger partial charge is 0.265 e. The first-order valence-corrected chi connectivity index (χ1v) is 8.97. The fourth-order valence-electron chi connectivity index (χ4n) is 2.70. The molecule has 1 aliphatic heterocycles. The summed E-state index contributed by atoms with van der Waals surface area (Å²) >= 11 is 11.9. The summed E-state index contributed by atoms with van der Waals surface area (Å²) in [5.74, 6) is 0.302. The molecule has 0 N–H and O–H groups in total. The molecule has 0 spiro atoms. The van der Waals surface area contributed by atoms with Crippen LogP contribution in [-0.4, -0.2) is 50.1 Å². The summed E-state index contributed by atoms with van der Waals surface area (Å²) in [4.78, 5) is 28.1. The van der Waals surface area contributed by atoms with Gasteiger partial charge in [-0.15, -0.1) is 0 Å². The van der Waals surface area contributed by atoms with Crippen LogP contribution in [0.15, 0.2) is 42.5 Å². The summed E-state index contributed by atoms with van der Waals surface area (Å²) < 4.78 is 11.3. The number of rotatable bonds is 4. The molecule has 6 nitrogen and oxygen atoms in total. The van der Waals surface area contributed by atoms with E-state index in [1.165, 1.54) is 9.80 Å². The summed E-state index contributed by atoms with van der Waals surface area (Å²) in [6.07, 6.45) is -0.780. The van der Waals surface area contributed by atoms with Gasteiger partial charge in [-0.3, -0.25) is 9.59 Å². The topological polar surface area (TPSA) is 59.1 Å². The average Bonchev–Trinajstić information content (AvgIpc) is 2.65. The lowest BCUT2D eigenvalue weighted by molar-refractivity contribution is -0.136. The number of amides is 2. The minimum atomic E-state index is -0.780. The molecule has 2 aromatic rings. The Morgan fingerprint density at radius 3 is 2.67 bits per heavy atom. The van der Waals surface area contributed by atoms with Gasteiger partial charge in [0.15, 0.2) is 12.7 Å². The fourth-order valence-corrected chi connectivity index (χ4v) is 3.16. The van der Waals surface area contributed by atoms with Gasteiger partial charge in [0.1, 0.15) is 11.5 Å². The number of ether oxygens (including phenoxy) is 2. The third kappa shape index (κ3) is 4.28. The number of likely N-dealkylation sites (N-methyl/N-ethyl adjacent to an activating group) is 1. The van der Waals surface area contributed by atoms with Crippen molar-refractivity contribution >= 4 is 40.7 Å². The number of para-hydroxylation sites is 2. The van der Waals surface area contributed by atoms with Crippen molar-refractivity contribution in [3.8, 4) is 11.5 Å². The van der Waals surface area contributed by atoms with Crippen molar-refractivity contribution in [2.45, 2.75) is 6.10 Å². The Labute approximate surface area is 167 Å². The van der Waals surface area contributed by atoms with Crippen molar-refractivity contribution in [1.82, 2.24) is 4.90 Å². The third-order valence-corrected chi connectivity index (χ3v) is 4.57. The maximum atomic E-state index is 12.8. The highest BCUT2D eigenvalue weighted by Crippen LogP contribution is 2.34. The largest absolute Gasteiger partial charge is 0.482 e. The Kier molecular flexibility index (Phi) is 5.77. The molecule has 0 saturated heterocycles.